The molecule has 0 unspecified atom stereocenters. The number of halogens is 1. The lowest BCUT2D eigenvalue weighted by Crippen LogP contribution is -2.15. The Morgan fingerprint density at radius 3 is 2.58 bits per heavy atom. The van der Waals surface area contributed by atoms with Crippen molar-refractivity contribution in [2.24, 2.45) is 5.73 Å². The van der Waals surface area contributed by atoms with E-state index in [-0.39, 0.29) is 24.4 Å². The van der Waals surface area contributed by atoms with Gasteiger partial charge in [-0.2, -0.15) is 0 Å². The van der Waals surface area contributed by atoms with Crippen LogP contribution >= 0.6 is 12.4 Å². The van der Waals surface area contributed by atoms with E-state index >= 15 is 0 Å². The first-order valence-corrected chi connectivity index (χ1v) is 4.08. The van der Waals surface area contributed by atoms with Crippen molar-refractivity contribution in [3.63, 3.8) is 0 Å². The zero-order valence-electron chi connectivity index (χ0n) is 7.71. The van der Waals surface area contributed by atoms with Crippen LogP contribution in [0.15, 0.2) is 0 Å². The second-order valence-corrected chi connectivity index (χ2v) is 2.67. The minimum atomic E-state index is -0.117. The van der Waals surface area contributed by atoms with Gasteiger partial charge in [-0.15, -0.1) is 12.4 Å². The van der Waals surface area contributed by atoms with E-state index in [0.29, 0.717) is 13.0 Å². The van der Waals surface area contributed by atoms with Crippen LogP contribution in [0.1, 0.15) is 33.1 Å². The van der Waals surface area contributed by atoms with Crippen molar-refractivity contribution in [1.82, 2.24) is 0 Å². The zero-order valence-corrected chi connectivity index (χ0v) is 8.52. The second-order valence-electron chi connectivity index (χ2n) is 2.67. The fourth-order valence-corrected chi connectivity index (χ4v) is 0.802. The lowest BCUT2D eigenvalue weighted by molar-refractivity contribution is -0.143. The molecule has 0 aromatic heterocycles. The highest BCUT2D eigenvalue weighted by Gasteiger charge is 2.01. The molecule has 0 aliphatic rings. The number of carbonyl (C=O) groups is 1. The maximum atomic E-state index is 10.8. The van der Waals surface area contributed by atoms with Crippen LogP contribution in [0.4, 0.5) is 0 Å². The maximum Gasteiger partial charge on any atom is 0.305 e. The molecule has 0 fully saturated rings. The lowest BCUT2D eigenvalue weighted by atomic mass is 10.1. The summed E-state index contributed by atoms with van der Waals surface area (Å²) in [6, 6.07) is 0.185. The van der Waals surface area contributed by atoms with Crippen molar-refractivity contribution in [3.8, 4) is 0 Å². The summed E-state index contributed by atoms with van der Waals surface area (Å²) in [6.07, 6.45) is 2.21. The summed E-state index contributed by atoms with van der Waals surface area (Å²) in [5.41, 5.74) is 5.50. The molecule has 0 saturated carbocycles. The third-order valence-electron chi connectivity index (χ3n) is 1.35. The Labute approximate surface area is 80.1 Å². The number of rotatable bonds is 5. The molecule has 0 radical (unpaired) electrons. The first-order valence-electron chi connectivity index (χ1n) is 4.08. The molecule has 0 aliphatic carbocycles. The van der Waals surface area contributed by atoms with Crippen molar-refractivity contribution in [2.45, 2.75) is 39.2 Å². The van der Waals surface area contributed by atoms with Crippen LogP contribution < -0.4 is 5.73 Å². The number of hydrogen-bond donors (Lipinski definition) is 1. The third-order valence-corrected chi connectivity index (χ3v) is 1.35. The van der Waals surface area contributed by atoms with Gasteiger partial charge in [-0.25, -0.2) is 0 Å². The molecule has 0 heterocycles. The van der Waals surface area contributed by atoms with Crippen LogP contribution in [0.2, 0.25) is 0 Å². The van der Waals surface area contributed by atoms with Crippen LogP contribution in [0.25, 0.3) is 0 Å². The van der Waals surface area contributed by atoms with E-state index in [1.54, 1.807) is 0 Å². The molecule has 0 saturated heterocycles. The number of nitrogens with two attached hydrogens (primary N) is 1. The molecule has 0 aromatic rings. The number of carbonyl (C=O) groups excluding carboxylic acids is 1. The maximum absolute atomic E-state index is 10.8. The Kier molecular flexibility index (Phi) is 10.5. The van der Waals surface area contributed by atoms with Crippen LogP contribution in [-0.4, -0.2) is 18.6 Å². The van der Waals surface area contributed by atoms with Gasteiger partial charge in [-0.3, -0.25) is 4.79 Å². The van der Waals surface area contributed by atoms with Gasteiger partial charge in [0.1, 0.15) is 0 Å². The molecule has 1 atom stereocenters. The van der Waals surface area contributed by atoms with Gasteiger partial charge in [-0.05, 0) is 26.7 Å². The van der Waals surface area contributed by atoms with E-state index in [4.69, 9.17) is 10.5 Å². The topological polar surface area (TPSA) is 52.3 Å². The molecule has 4 heteroatoms. The van der Waals surface area contributed by atoms with Crippen molar-refractivity contribution >= 4 is 18.4 Å². The summed E-state index contributed by atoms with van der Waals surface area (Å²) in [5, 5.41) is 0. The van der Waals surface area contributed by atoms with Gasteiger partial charge >= 0.3 is 5.97 Å². The normalized spacial score (nSPS) is 11.6. The van der Waals surface area contributed by atoms with E-state index in [1.165, 1.54) is 0 Å². The van der Waals surface area contributed by atoms with E-state index in [9.17, 15) is 4.79 Å². The first kappa shape index (κ1) is 14.3. The average Bonchev–Trinajstić information content (AvgIpc) is 1.87. The fourth-order valence-electron chi connectivity index (χ4n) is 0.802. The van der Waals surface area contributed by atoms with Crippen molar-refractivity contribution in [1.29, 1.82) is 0 Å². The first-order chi connectivity index (χ1) is 5.16. The van der Waals surface area contributed by atoms with Gasteiger partial charge < -0.3 is 10.5 Å². The molecule has 12 heavy (non-hydrogen) atoms. The summed E-state index contributed by atoms with van der Waals surface area (Å²) >= 11 is 0. The van der Waals surface area contributed by atoms with E-state index in [1.807, 2.05) is 13.8 Å². The SMILES string of the molecule is CCOC(=O)CCC[C@@H](C)N.Cl. The Morgan fingerprint density at radius 2 is 2.17 bits per heavy atom. The van der Waals surface area contributed by atoms with Crippen LogP contribution in [0, 0.1) is 0 Å². The molecule has 0 amide bonds. The zero-order chi connectivity index (χ0) is 8.69. The number of esters is 1. The molecule has 0 aromatic carbocycles. The minimum absolute atomic E-state index is 0. The Morgan fingerprint density at radius 1 is 1.58 bits per heavy atom. The van der Waals surface area contributed by atoms with Crippen molar-refractivity contribution in [3.05, 3.63) is 0 Å². The second kappa shape index (κ2) is 8.81. The summed E-state index contributed by atoms with van der Waals surface area (Å²) in [5.74, 6) is -0.117. The highest BCUT2D eigenvalue weighted by Crippen LogP contribution is 1.99. The number of hydrogen-bond acceptors (Lipinski definition) is 3. The Hall–Kier alpha value is -0.280. The summed E-state index contributed by atoms with van der Waals surface area (Å²) in [6.45, 7) is 4.21. The molecular weight excluding hydrogens is 178 g/mol. The molecule has 0 rings (SSSR count). The Balaban J connectivity index is 0. The van der Waals surface area contributed by atoms with Crippen molar-refractivity contribution in [2.75, 3.05) is 6.61 Å². The highest BCUT2D eigenvalue weighted by atomic mass is 35.5. The number of ether oxygens (including phenoxy) is 1. The molecule has 0 bridgehead atoms. The van der Waals surface area contributed by atoms with Crippen LogP contribution in [0.3, 0.4) is 0 Å². The summed E-state index contributed by atoms with van der Waals surface area (Å²) in [7, 11) is 0. The van der Waals surface area contributed by atoms with Gasteiger partial charge in [0.2, 0.25) is 0 Å². The molecule has 0 aliphatic heterocycles. The van der Waals surface area contributed by atoms with Gasteiger partial charge in [-0.1, -0.05) is 0 Å². The molecular formula is C8H18ClNO2. The summed E-state index contributed by atoms with van der Waals surface area (Å²) in [4.78, 5) is 10.8. The monoisotopic (exact) mass is 195 g/mol. The minimum Gasteiger partial charge on any atom is -0.466 e. The third kappa shape index (κ3) is 9.72. The highest BCUT2D eigenvalue weighted by molar-refractivity contribution is 5.85. The Bertz CT molecular complexity index is 118. The van der Waals surface area contributed by atoms with E-state index in [0.717, 1.165) is 12.8 Å². The lowest BCUT2D eigenvalue weighted by Gasteiger charge is -2.03. The van der Waals surface area contributed by atoms with Crippen LogP contribution in [0.5, 0.6) is 0 Å². The van der Waals surface area contributed by atoms with Crippen molar-refractivity contribution < 1.29 is 9.53 Å². The molecule has 2 N–H and O–H groups in total. The van der Waals surface area contributed by atoms with Gasteiger partial charge in [0.05, 0.1) is 6.61 Å². The van der Waals surface area contributed by atoms with E-state index < -0.39 is 0 Å². The molecule has 74 valence electrons. The van der Waals surface area contributed by atoms with Crippen LogP contribution in [-0.2, 0) is 9.53 Å². The molecule has 3 nitrogen and oxygen atoms in total. The largest absolute Gasteiger partial charge is 0.466 e. The van der Waals surface area contributed by atoms with Gasteiger partial charge in [0.25, 0.3) is 0 Å². The van der Waals surface area contributed by atoms with Gasteiger partial charge in [0, 0.05) is 12.5 Å². The smallest absolute Gasteiger partial charge is 0.305 e. The summed E-state index contributed by atoms with van der Waals surface area (Å²) < 4.78 is 4.74. The standard InChI is InChI=1S/C8H17NO2.ClH/c1-3-11-8(10)6-4-5-7(2)9;/h7H,3-6,9H2,1-2H3;1H/t7-;/m1./s1. The van der Waals surface area contributed by atoms with Gasteiger partial charge in [0.15, 0.2) is 0 Å². The van der Waals surface area contributed by atoms with E-state index in [2.05, 4.69) is 0 Å². The fraction of sp³-hybridized carbons (Fsp3) is 0.875. The molecule has 0 spiro atoms. The predicted molar refractivity (Wildman–Crippen MR) is 51.4 cm³/mol. The average molecular weight is 196 g/mol. The predicted octanol–water partition coefficient (Wildman–Crippen LogP) is 1.49. The quantitative estimate of drug-likeness (QED) is 0.677.